The van der Waals surface area contributed by atoms with Gasteiger partial charge in [0, 0.05) is 5.39 Å². The van der Waals surface area contributed by atoms with Gasteiger partial charge < -0.3 is 10.4 Å². The van der Waals surface area contributed by atoms with Crippen molar-refractivity contribution in [2.24, 2.45) is 0 Å². The van der Waals surface area contributed by atoms with Gasteiger partial charge in [-0.15, -0.1) is 0 Å². The second kappa shape index (κ2) is 6.04. The number of rotatable bonds is 3. The minimum Gasteiger partial charge on any atom is -0.477 e. The van der Waals surface area contributed by atoms with Crippen molar-refractivity contribution >= 4 is 22.6 Å². The Morgan fingerprint density at radius 1 is 1.09 bits per heavy atom. The first-order chi connectivity index (χ1) is 10.6. The lowest BCUT2D eigenvalue weighted by Gasteiger charge is -2.08. The number of fused-ring (bicyclic) bond motifs is 1. The number of anilines is 1. The van der Waals surface area contributed by atoms with E-state index >= 15 is 0 Å². The molecule has 2 aromatic rings. The minimum atomic E-state index is -1.18. The summed E-state index contributed by atoms with van der Waals surface area (Å²) in [4.78, 5) is 15.0. The summed E-state index contributed by atoms with van der Waals surface area (Å²) >= 11 is 0. The van der Waals surface area contributed by atoms with E-state index in [2.05, 4.69) is 10.3 Å². The van der Waals surface area contributed by atoms with Crippen LogP contribution < -0.4 is 5.32 Å². The molecule has 0 amide bonds. The molecule has 0 radical (unpaired) electrons. The van der Waals surface area contributed by atoms with Gasteiger partial charge in [-0.2, -0.15) is 15.8 Å². The van der Waals surface area contributed by atoms with E-state index in [-0.39, 0.29) is 17.0 Å². The van der Waals surface area contributed by atoms with E-state index in [9.17, 15) is 4.79 Å². The number of hydrogen-bond donors (Lipinski definition) is 2. The fraction of sp³-hybridized carbons (Fsp3) is 0. The topological polar surface area (TPSA) is 134 Å². The lowest BCUT2D eigenvalue weighted by atomic mass is 10.1. The number of para-hydroxylation sites is 1. The van der Waals surface area contributed by atoms with Gasteiger partial charge in [0.15, 0.2) is 5.57 Å². The van der Waals surface area contributed by atoms with E-state index in [0.29, 0.717) is 16.6 Å². The van der Waals surface area contributed by atoms with Crippen LogP contribution >= 0.6 is 0 Å². The quantitative estimate of drug-likeness (QED) is 0.827. The second-order valence-electron chi connectivity index (χ2n) is 4.09. The molecular weight excluding hydrogens is 282 g/mol. The van der Waals surface area contributed by atoms with Crippen molar-refractivity contribution in [3.63, 3.8) is 0 Å². The highest BCUT2D eigenvalue weighted by Crippen LogP contribution is 2.23. The summed E-state index contributed by atoms with van der Waals surface area (Å²) in [6, 6.07) is 12.9. The van der Waals surface area contributed by atoms with Gasteiger partial charge in [-0.25, -0.2) is 9.78 Å². The Hall–Kier alpha value is -3.89. The molecular formula is C15H7N5O2. The fourth-order valence-corrected chi connectivity index (χ4v) is 1.78. The summed E-state index contributed by atoms with van der Waals surface area (Å²) in [5.74, 6) is -1.18. The molecule has 7 nitrogen and oxygen atoms in total. The number of carboxylic acid groups (broad SMARTS) is 1. The van der Waals surface area contributed by atoms with Crippen molar-refractivity contribution in [3.05, 3.63) is 47.3 Å². The van der Waals surface area contributed by atoms with Crippen LogP contribution in [0.15, 0.2) is 41.6 Å². The maximum absolute atomic E-state index is 11.0. The smallest absolute Gasteiger partial charge is 0.354 e. The average molecular weight is 289 g/mol. The molecule has 22 heavy (non-hydrogen) atoms. The zero-order valence-corrected chi connectivity index (χ0v) is 11.0. The summed E-state index contributed by atoms with van der Waals surface area (Å²) in [6.45, 7) is 0. The molecule has 0 saturated carbocycles. The van der Waals surface area contributed by atoms with Crippen LogP contribution in [0.25, 0.3) is 10.9 Å². The summed E-state index contributed by atoms with van der Waals surface area (Å²) in [5, 5.41) is 39.0. The molecule has 1 aromatic heterocycles. The second-order valence-corrected chi connectivity index (χ2v) is 4.09. The summed E-state index contributed by atoms with van der Waals surface area (Å²) in [5.41, 5.74) is -0.0792. The third-order valence-electron chi connectivity index (χ3n) is 2.78. The van der Waals surface area contributed by atoms with Crippen molar-refractivity contribution in [1.82, 2.24) is 4.98 Å². The number of carbonyl (C=O) groups is 1. The Labute approximate surface area is 125 Å². The van der Waals surface area contributed by atoms with Crippen LogP contribution in [0, 0.1) is 34.0 Å². The van der Waals surface area contributed by atoms with Crippen LogP contribution in [-0.4, -0.2) is 16.1 Å². The number of nitrogens with zero attached hydrogens (tertiary/aromatic N) is 4. The van der Waals surface area contributed by atoms with Crippen molar-refractivity contribution in [1.29, 1.82) is 15.8 Å². The van der Waals surface area contributed by atoms with Gasteiger partial charge in [0.05, 0.1) is 11.2 Å². The molecule has 1 aromatic carbocycles. The maximum Gasteiger partial charge on any atom is 0.354 e. The van der Waals surface area contributed by atoms with Gasteiger partial charge in [-0.1, -0.05) is 18.2 Å². The zero-order chi connectivity index (χ0) is 16.1. The molecule has 104 valence electrons. The number of aromatic carboxylic acids is 1. The van der Waals surface area contributed by atoms with E-state index in [4.69, 9.17) is 20.9 Å². The third kappa shape index (κ3) is 2.67. The largest absolute Gasteiger partial charge is 0.477 e. The van der Waals surface area contributed by atoms with Gasteiger partial charge in [0.25, 0.3) is 0 Å². The lowest BCUT2D eigenvalue weighted by molar-refractivity contribution is 0.0691. The van der Waals surface area contributed by atoms with E-state index in [1.54, 1.807) is 42.5 Å². The first-order valence-corrected chi connectivity index (χ1v) is 5.95. The Balaban J connectivity index is 2.62. The molecule has 2 N–H and O–H groups in total. The van der Waals surface area contributed by atoms with Crippen molar-refractivity contribution in [3.8, 4) is 18.2 Å². The van der Waals surface area contributed by atoms with Crippen LogP contribution in [0.4, 0.5) is 5.69 Å². The number of nitrogens with one attached hydrogen (secondary N) is 1. The fourth-order valence-electron chi connectivity index (χ4n) is 1.78. The molecule has 0 fully saturated rings. The van der Waals surface area contributed by atoms with Gasteiger partial charge >= 0.3 is 5.97 Å². The molecule has 0 aliphatic heterocycles. The molecule has 0 saturated heterocycles. The predicted octanol–water partition coefficient (Wildman–Crippen LogP) is 2.17. The van der Waals surface area contributed by atoms with Crippen LogP contribution in [0.2, 0.25) is 0 Å². The number of hydrogen-bond acceptors (Lipinski definition) is 6. The highest BCUT2D eigenvalue weighted by molar-refractivity contribution is 5.95. The number of pyridine rings is 1. The van der Waals surface area contributed by atoms with Gasteiger partial charge in [0.1, 0.15) is 29.6 Å². The first kappa shape index (κ1) is 14.5. The van der Waals surface area contributed by atoms with Crippen LogP contribution in [-0.2, 0) is 0 Å². The molecule has 1 heterocycles. The highest BCUT2D eigenvalue weighted by atomic mass is 16.4. The Morgan fingerprint density at radius 2 is 1.82 bits per heavy atom. The van der Waals surface area contributed by atoms with Gasteiger partial charge in [-0.3, -0.25) is 0 Å². The SMILES string of the molecule is N#CC(C#N)=C(C#N)Nc1cccc2ccc(C(=O)O)nc12. The molecule has 2 rings (SSSR count). The third-order valence-corrected chi connectivity index (χ3v) is 2.78. The average Bonchev–Trinajstić information content (AvgIpc) is 2.54. The van der Waals surface area contributed by atoms with Crippen LogP contribution in [0.5, 0.6) is 0 Å². The van der Waals surface area contributed by atoms with Crippen molar-refractivity contribution in [2.75, 3.05) is 5.32 Å². The van der Waals surface area contributed by atoms with Gasteiger partial charge in [-0.05, 0) is 12.1 Å². The number of allylic oxidation sites excluding steroid dienone is 2. The Kier molecular flexibility index (Phi) is 3.99. The Morgan fingerprint density at radius 3 is 2.41 bits per heavy atom. The number of carboxylic acids is 1. The maximum atomic E-state index is 11.0. The van der Waals surface area contributed by atoms with Crippen LogP contribution in [0.1, 0.15) is 10.5 Å². The molecule has 7 heteroatoms. The zero-order valence-electron chi connectivity index (χ0n) is 11.0. The van der Waals surface area contributed by atoms with Crippen molar-refractivity contribution < 1.29 is 9.90 Å². The summed E-state index contributed by atoms with van der Waals surface area (Å²) < 4.78 is 0. The van der Waals surface area contributed by atoms with Crippen LogP contribution in [0.3, 0.4) is 0 Å². The number of benzene rings is 1. The number of nitriles is 3. The van der Waals surface area contributed by atoms with E-state index in [1.807, 2.05) is 0 Å². The molecule has 0 unspecified atom stereocenters. The molecule has 0 atom stereocenters. The number of aromatic nitrogens is 1. The van der Waals surface area contributed by atoms with E-state index < -0.39 is 5.97 Å². The van der Waals surface area contributed by atoms with Crippen molar-refractivity contribution in [2.45, 2.75) is 0 Å². The lowest BCUT2D eigenvalue weighted by Crippen LogP contribution is -2.04. The summed E-state index contributed by atoms with van der Waals surface area (Å²) in [6.07, 6.45) is 0. The standard InChI is InChI=1S/C15H7N5O2/c16-6-10(7-17)13(8-18)19-11-3-1-2-9-4-5-12(15(21)22)20-14(9)11/h1-5,19H,(H,21,22). The van der Waals surface area contributed by atoms with Gasteiger partial charge in [0.2, 0.25) is 0 Å². The summed E-state index contributed by atoms with van der Waals surface area (Å²) in [7, 11) is 0. The molecule has 0 aliphatic carbocycles. The first-order valence-electron chi connectivity index (χ1n) is 5.95. The predicted molar refractivity (Wildman–Crippen MR) is 76.2 cm³/mol. The monoisotopic (exact) mass is 289 g/mol. The highest BCUT2D eigenvalue weighted by Gasteiger charge is 2.11. The molecule has 0 aliphatic rings. The van der Waals surface area contributed by atoms with E-state index in [1.165, 1.54) is 6.07 Å². The van der Waals surface area contributed by atoms with E-state index in [0.717, 1.165) is 0 Å². The molecule has 0 bridgehead atoms. The Bertz CT molecular complexity index is 910. The minimum absolute atomic E-state index is 0.148. The normalized spacial score (nSPS) is 9.14. The molecule has 0 spiro atoms.